The molecule has 1 fully saturated rings. The van der Waals surface area contributed by atoms with Crippen molar-refractivity contribution >= 4 is 11.6 Å². The number of nitrogens with one attached hydrogen (secondary N) is 1. The van der Waals surface area contributed by atoms with Gasteiger partial charge in [-0.05, 0) is 56.3 Å². The number of nitrogens with zero attached hydrogens (tertiary/aromatic N) is 4. The molecule has 0 atom stereocenters. The number of ether oxygens (including phenoxy) is 2. The first-order valence-corrected chi connectivity index (χ1v) is 11.1. The summed E-state index contributed by atoms with van der Waals surface area (Å²) in [5, 5.41) is 18.7. The van der Waals surface area contributed by atoms with Crippen molar-refractivity contribution in [2.75, 3.05) is 40.4 Å². The second kappa shape index (κ2) is 10.3. The molecule has 34 heavy (non-hydrogen) atoms. The third-order valence-electron chi connectivity index (χ3n) is 5.84. The van der Waals surface area contributed by atoms with Crippen LogP contribution in [0.15, 0.2) is 48.5 Å². The van der Waals surface area contributed by atoms with Crippen LogP contribution in [-0.2, 0) is 0 Å². The average Bonchev–Trinajstić information content (AvgIpc) is 3.54. The van der Waals surface area contributed by atoms with Crippen molar-refractivity contribution in [3.8, 4) is 28.4 Å². The molecule has 0 spiro atoms. The Kier molecular flexibility index (Phi) is 7.07. The molecule has 0 radical (unpaired) electrons. The summed E-state index contributed by atoms with van der Waals surface area (Å²) >= 11 is 0. The summed E-state index contributed by atoms with van der Waals surface area (Å²) in [7, 11) is 3.12. The Morgan fingerprint density at radius 1 is 1.09 bits per heavy atom. The van der Waals surface area contributed by atoms with Crippen molar-refractivity contribution in [2.24, 2.45) is 0 Å². The third kappa shape index (κ3) is 5.01. The number of non-ortho nitro benzene ring substituents is 1. The summed E-state index contributed by atoms with van der Waals surface area (Å²) in [6.45, 7) is 3.41. The van der Waals surface area contributed by atoms with Gasteiger partial charge in [0.1, 0.15) is 17.2 Å². The zero-order valence-corrected chi connectivity index (χ0v) is 19.2. The lowest BCUT2D eigenvalue weighted by Crippen LogP contribution is -2.34. The Labute approximate surface area is 197 Å². The number of aromatic nitrogens is 2. The molecule has 4 rings (SSSR count). The molecule has 2 heterocycles. The first-order chi connectivity index (χ1) is 16.5. The Morgan fingerprint density at radius 2 is 1.82 bits per heavy atom. The van der Waals surface area contributed by atoms with E-state index in [1.54, 1.807) is 44.6 Å². The van der Waals surface area contributed by atoms with Crippen LogP contribution in [0.25, 0.3) is 16.9 Å². The van der Waals surface area contributed by atoms with Crippen molar-refractivity contribution in [3.63, 3.8) is 0 Å². The van der Waals surface area contributed by atoms with Gasteiger partial charge in [0, 0.05) is 36.9 Å². The van der Waals surface area contributed by atoms with Crippen molar-refractivity contribution in [1.29, 1.82) is 0 Å². The Bertz CT molecular complexity index is 1170. The molecule has 0 aliphatic carbocycles. The predicted molar refractivity (Wildman–Crippen MR) is 127 cm³/mol. The fraction of sp³-hybridized carbons (Fsp3) is 0.333. The van der Waals surface area contributed by atoms with Gasteiger partial charge in [-0.25, -0.2) is 4.68 Å². The highest BCUT2D eigenvalue weighted by atomic mass is 16.6. The summed E-state index contributed by atoms with van der Waals surface area (Å²) < 4.78 is 12.3. The molecular weight excluding hydrogens is 438 g/mol. The zero-order chi connectivity index (χ0) is 24.1. The summed E-state index contributed by atoms with van der Waals surface area (Å²) in [6, 6.07) is 13.0. The number of amides is 1. The van der Waals surface area contributed by atoms with E-state index in [-0.39, 0.29) is 11.6 Å². The maximum atomic E-state index is 13.1. The van der Waals surface area contributed by atoms with Gasteiger partial charge >= 0.3 is 0 Å². The molecule has 0 saturated carbocycles. The van der Waals surface area contributed by atoms with Crippen LogP contribution in [0.4, 0.5) is 5.69 Å². The lowest BCUT2D eigenvalue weighted by Gasteiger charge is -2.15. The topological polar surface area (TPSA) is 112 Å². The van der Waals surface area contributed by atoms with Gasteiger partial charge in [0.15, 0.2) is 0 Å². The van der Waals surface area contributed by atoms with Gasteiger partial charge in [-0.15, -0.1) is 0 Å². The van der Waals surface area contributed by atoms with Crippen LogP contribution in [0.3, 0.4) is 0 Å². The SMILES string of the molecule is COc1ccc(-c2cc(C(=O)NCCN3CCCC3)n(-c3ccc([N+](=O)[O-])cc3)n2)c(OC)c1. The summed E-state index contributed by atoms with van der Waals surface area (Å²) in [4.78, 5) is 26.0. The van der Waals surface area contributed by atoms with Gasteiger partial charge in [-0.2, -0.15) is 5.10 Å². The van der Waals surface area contributed by atoms with Gasteiger partial charge in [0.2, 0.25) is 0 Å². The van der Waals surface area contributed by atoms with E-state index in [1.807, 2.05) is 6.07 Å². The number of nitro groups is 1. The smallest absolute Gasteiger partial charge is 0.270 e. The second-order valence-corrected chi connectivity index (χ2v) is 7.97. The maximum absolute atomic E-state index is 13.1. The van der Waals surface area contributed by atoms with Gasteiger partial charge in [-0.1, -0.05) is 0 Å². The van der Waals surface area contributed by atoms with Gasteiger partial charge < -0.3 is 19.7 Å². The third-order valence-corrected chi connectivity index (χ3v) is 5.84. The first-order valence-electron chi connectivity index (χ1n) is 11.1. The fourth-order valence-electron chi connectivity index (χ4n) is 4.02. The molecule has 0 unspecified atom stereocenters. The minimum atomic E-state index is -0.466. The number of carbonyl (C=O) groups excluding carboxylic acids is 1. The van der Waals surface area contributed by atoms with E-state index in [1.165, 1.54) is 29.7 Å². The number of methoxy groups -OCH3 is 2. The number of hydrogen-bond acceptors (Lipinski definition) is 7. The largest absolute Gasteiger partial charge is 0.497 e. The number of carbonyl (C=O) groups is 1. The minimum Gasteiger partial charge on any atom is -0.497 e. The highest BCUT2D eigenvalue weighted by molar-refractivity contribution is 5.94. The molecular formula is C24H27N5O5. The van der Waals surface area contributed by atoms with Crippen LogP contribution >= 0.6 is 0 Å². The molecule has 1 saturated heterocycles. The van der Waals surface area contributed by atoms with Gasteiger partial charge in [0.05, 0.1) is 30.5 Å². The molecule has 1 N–H and O–H groups in total. The number of likely N-dealkylation sites (tertiary alicyclic amines) is 1. The molecule has 10 nitrogen and oxygen atoms in total. The van der Waals surface area contributed by atoms with E-state index in [4.69, 9.17) is 9.47 Å². The molecule has 1 aliphatic heterocycles. The van der Waals surface area contributed by atoms with E-state index in [0.29, 0.717) is 40.7 Å². The lowest BCUT2D eigenvalue weighted by molar-refractivity contribution is -0.384. The average molecular weight is 466 g/mol. The quantitative estimate of drug-likeness (QED) is 0.381. The van der Waals surface area contributed by atoms with Gasteiger partial charge in [0.25, 0.3) is 11.6 Å². The van der Waals surface area contributed by atoms with Crippen LogP contribution < -0.4 is 14.8 Å². The highest BCUT2D eigenvalue weighted by Crippen LogP contribution is 2.33. The molecule has 2 aromatic carbocycles. The Morgan fingerprint density at radius 3 is 2.47 bits per heavy atom. The number of rotatable bonds is 9. The molecule has 178 valence electrons. The predicted octanol–water partition coefficient (Wildman–Crippen LogP) is 3.29. The fourth-order valence-corrected chi connectivity index (χ4v) is 4.02. The van der Waals surface area contributed by atoms with Crippen molar-refractivity contribution in [2.45, 2.75) is 12.8 Å². The van der Waals surface area contributed by atoms with E-state index in [9.17, 15) is 14.9 Å². The van der Waals surface area contributed by atoms with Crippen molar-refractivity contribution in [3.05, 3.63) is 64.3 Å². The lowest BCUT2D eigenvalue weighted by atomic mass is 10.1. The molecule has 1 amide bonds. The Balaban J connectivity index is 1.67. The standard InChI is InChI=1S/C24H27N5O5/c1-33-19-9-10-20(23(15-19)34-2)21-16-22(24(30)25-11-14-27-12-3-4-13-27)28(26-21)17-5-7-18(8-6-17)29(31)32/h5-10,15-16H,3-4,11-14H2,1-2H3,(H,25,30). The van der Waals surface area contributed by atoms with Gasteiger partial charge in [-0.3, -0.25) is 14.9 Å². The van der Waals surface area contributed by atoms with Crippen molar-refractivity contribution < 1.29 is 19.2 Å². The highest BCUT2D eigenvalue weighted by Gasteiger charge is 2.21. The van der Waals surface area contributed by atoms with Crippen LogP contribution in [0.2, 0.25) is 0 Å². The summed E-state index contributed by atoms with van der Waals surface area (Å²) in [5.74, 6) is 0.910. The second-order valence-electron chi connectivity index (χ2n) is 7.97. The molecule has 3 aromatic rings. The van der Waals surface area contributed by atoms with Crippen molar-refractivity contribution in [1.82, 2.24) is 20.0 Å². The molecule has 0 bridgehead atoms. The first kappa shape index (κ1) is 23.2. The van der Waals surface area contributed by atoms with Crippen LogP contribution in [0.1, 0.15) is 23.3 Å². The number of nitro benzene ring substituents is 1. The van der Waals surface area contributed by atoms with Crippen LogP contribution in [0, 0.1) is 10.1 Å². The summed E-state index contributed by atoms with van der Waals surface area (Å²) in [6.07, 6.45) is 2.38. The molecule has 1 aliphatic rings. The molecule has 1 aromatic heterocycles. The monoisotopic (exact) mass is 465 g/mol. The number of benzene rings is 2. The van der Waals surface area contributed by atoms with E-state index < -0.39 is 4.92 Å². The minimum absolute atomic E-state index is 0.0374. The summed E-state index contributed by atoms with van der Waals surface area (Å²) in [5.41, 5.74) is 2.04. The van der Waals surface area contributed by atoms with E-state index >= 15 is 0 Å². The van der Waals surface area contributed by atoms with Crippen LogP contribution in [0.5, 0.6) is 11.5 Å². The zero-order valence-electron chi connectivity index (χ0n) is 19.2. The van der Waals surface area contributed by atoms with Crippen LogP contribution in [-0.4, -0.2) is 65.9 Å². The Hall–Kier alpha value is -3.92. The van der Waals surface area contributed by atoms with E-state index in [0.717, 1.165) is 19.6 Å². The number of hydrogen-bond donors (Lipinski definition) is 1. The maximum Gasteiger partial charge on any atom is 0.270 e. The van der Waals surface area contributed by atoms with E-state index in [2.05, 4.69) is 15.3 Å². The normalized spacial score (nSPS) is 13.6. The molecule has 10 heteroatoms.